The Labute approximate surface area is 97.7 Å². The Hall–Kier alpha value is -1.36. The summed E-state index contributed by atoms with van der Waals surface area (Å²) in [5.74, 6) is -0.261. The number of hydrogen-bond donors (Lipinski definition) is 2. The van der Waals surface area contributed by atoms with Crippen LogP contribution in [0, 0.1) is 6.92 Å². The summed E-state index contributed by atoms with van der Waals surface area (Å²) < 4.78 is 11.9. The number of nitrogens with one attached hydrogen (secondary N) is 1. The summed E-state index contributed by atoms with van der Waals surface area (Å²) in [7, 11) is -1.37. The first kappa shape index (κ1) is 12.7. The van der Waals surface area contributed by atoms with E-state index < -0.39 is 10.8 Å². The van der Waals surface area contributed by atoms with E-state index in [9.17, 15) is 9.00 Å². The Morgan fingerprint density at radius 3 is 2.81 bits per heavy atom. The van der Waals surface area contributed by atoms with Gasteiger partial charge in [-0.25, -0.2) is 0 Å². The lowest BCUT2D eigenvalue weighted by Gasteiger charge is -2.06. The molecule has 0 aliphatic heterocycles. The van der Waals surface area contributed by atoms with Crippen molar-refractivity contribution in [1.29, 1.82) is 0 Å². The molecule has 0 saturated heterocycles. The molecule has 1 atom stereocenters. The molecule has 0 fully saturated rings. The highest BCUT2D eigenvalue weighted by Gasteiger charge is 2.12. The molecule has 0 aromatic heterocycles. The SMILES string of the molecule is CCNC(=O)CS(=O)c1cc(C)ccc1N. The fraction of sp³-hybridized carbons (Fsp3) is 0.364. The van der Waals surface area contributed by atoms with Gasteiger partial charge >= 0.3 is 0 Å². The van der Waals surface area contributed by atoms with Crippen LogP contribution < -0.4 is 11.1 Å². The van der Waals surface area contributed by atoms with Crippen molar-refractivity contribution >= 4 is 22.4 Å². The molecule has 0 saturated carbocycles. The number of hydrogen-bond acceptors (Lipinski definition) is 3. The average Bonchev–Trinajstić information content (AvgIpc) is 2.21. The summed E-state index contributed by atoms with van der Waals surface area (Å²) in [4.78, 5) is 11.8. The lowest BCUT2D eigenvalue weighted by atomic mass is 10.2. The van der Waals surface area contributed by atoms with Gasteiger partial charge < -0.3 is 11.1 Å². The lowest BCUT2D eigenvalue weighted by Crippen LogP contribution is -2.28. The second kappa shape index (κ2) is 5.65. The van der Waals surface area contributed by atoms with Crippen molar-refractivity contribution in [2.45, 2.75) is 18.7 Å². The Morgan fingerprint density at radius 1 is 1.50 bits per heavy atom. The van der Waals surface area contributed by atoms with E-state index in [-0.39, 0.29) is 11.7 Å². The maximum Gasteiger partial charge on any atom is 0.232 e. The molecule has 1 rings (SSSR count). The van der Waals surface area contributed by atoms with Crippen LogP contribution in [0.4, 0.5) is 5.69 Å². The molecule has 1 aromatic carbocycles. The number of benzene rings is 1. The van der Waals surface area contributed by atoms with Gasteiger partial charge in [-0.05, 0) is 31.5 Å². The smallest absolute Gasteiger partial charge is 0.232 e. The standard InChI is InChI=1S/C11H16N2O2S/c1-3-13-11(14)7-16(15)10-6-8(2)4-5-9(10)12/h4-6H,3,7,12H2,1-2H3,(H,13,14). The second-order valence-electron chi connectivity index (χ2n) is 3.48. The van der Waals surface area contributed by atoms with Crippen molar-refractivity contribution in [3.8, 4) is 0 Å². The first-order valence-electron chi connectivity index (χ1n) is 5.05. The van der Waals surface area contributed by atoms with E-state index in [0.29, 0.717) is 17.1 Å². The maximum atomic E-state index is 11.9. The number of rotatable bonds is 4. The number of nitrogen functional groups attached to an aromatic ring is 1. The number of carbonyl (C=O) groups excluding carboxylic acids is 1. The Kier molecular flexibility index (Phi) is 4.49. The van der Waals surface area contributed by atoms with Gasteiger partial charge in [-0.2, -0.15) is 0 Å². The van der Waals surface area contributed by atoms with Crippen molar-refractivity contribution in [2.75, 3.05) is 18.0 Å². The normalized spacial score (nSPS) is 12.1. The highest BCUT2D eigenvalue weighted by Crippen LogP contribution is 2.17. The topological polar surface area (TPSA) is 72.2 Å². The molecular formula is C11H16N2O2S. The van der Waals surface area contributed by atoms with Gasteiger partial charge in [-0.1, -0.05) is 6.07 Å². The Bertz CT molecular complexity index is 418. The molecule has 0 aliphatic rings. The van der Waals surface area contributed by atoms with Crippen molar-refractivity contribution in [3.63, 3.8) is 0 Å². The number of amides is 1. The fourth-order valence-corrected chi connectivity index (χ4v) is 2.43. The predicted molar refractivity (Wildman–Crippen MR) is 65.6 cm³/mol. The zero-order valence-electron chi connectivity index (χ0n) is 9.45. The van der Waals surface area contributed by atoms with E-state index in [2.05, 4.69) is 5.32 Å². The van der Waals surface area contributed by atoms with Gasteiger partial charge in [0.2, 0.25) is 5.91 Å². The molecule has 0 radical (unpaired) electrons. The minimum absolute atomic E-state index is 0.0402. The maximum absolute atomic E-state index is 11.9. The zero-order valence-corrected chi connectivity index (χ0v) is 10.3. The summed E-state index contributed by atoms with van der Waals surface area (Å²) in [6.07, 6.45) is 0. The van der Waals surface area contributed by atoms with E-state index in [4.69, 9.17) is 5.73 Å². The monoisotopic (exact) mass is 240 g/mol. The van der Waals surface area contributed by atoms with Gasteiger partial charge in [0.1, 0.15) is 5.75 Å². The molecule has 4 nitrogen and oxygen atoms in total. The first-order chi connectivity index (χ1) is 7.54. The molecule has 1 aromatic rings. The molecule has 88 valence electrons. The summed E-state index contributed by atoms with van der Waals surface area (Å²) in [5.41, 5.74) is 7.16. The minimum Gasteiger partial charge on any atom is -0.398 e. The Morgan fingerprint density at radius 2 is 2.19 bits per heavy atom. The van der Waals surface area contributed by atoms with Gasteiger partial charge in [0.25, 0.3) is 0 Å². The van der Waals surface area contributed by atoms with Crippen molar-refractivity contribution in [2.24, 2.45) is 0 Å². The van der Waals surface area contributed by atoms with Gasteiger partial charge in [-0.15, -0.1) is 0 Å². The summed E-state index contributed by atoms with van der Waals surface area (Å²) in [6.45, 7) is 4.26. The molecule has 1 amide bonds. The number of carbonyl (C=O) groups is 1. The average molecular weight is 240 g/mol. The summed E-state index contributed by atoms with van der Waals surface area (Å²) in [5, 5.41) is 2.61. The fourth-order valence-electron chi connectivity index (χ4n) is 1.28. The highest BCUT2D eigenvalue weighted by atomic mass is 32.2. The molecule has 5 heteroatoms. The largest absolute Gasteiger partial charge is 0.398 e. The summed E-state index contributed by atoms with van der Waals surface area (Å²) in [6, 6.07) is 5.31. The van der Waals surface area contributed by atoms with Crippen LogP contribution in [0.25, 0.3) is 0 Å². The molecule has 0 heterocycles. The molecular weight excluding hydrogens is 224 g/mol. The summed E-state index contributed by atoms with van der Waals surface area (Å²) >= 11 is 0. The highest BCUT2D eigenvalue weighted by molar-refractivity contribution is 7.86. The van der Waals surface area contributed by atoms with Crippen LogP contribution in [0.2, 0.25) is 0 Å². The van der Waals surface area contributed by atoms with Crippen LogP contribution in [-0.4, -0.2) is 22.4 Å². The van der Waals surface area contributed by atoms with E-state index in [1.807, 2.05) is 19.9 Å². The van der Waals surface area contributed by atoms with Crippen LogP contribution in [0.5, 0.6) is 0 Å². The van der Waals surface area contributed by atoms with E-state index in [1.165, 1.54) is 0 Å². The van der Waals surface area contributed by atoms with E-state index in [0.717, 1.165) is 5.56 Å². The van der Waals surface area contributed by atoms with E-state index in [1.54, 1.807) is 12.1 Å². The number of anilines is 1. The van der Waals surface area contributed by atoms with Crippen LogP contribution in [0.1, 0.15) is 12.5 Å². The molecule has 1 unspecified atom stereocenters. The van der Waals surface area contributed by atoms with Gasteiger partial charge in [0, 0.05) is 12.2 Å². The predicted octanol–water partition coefficient (Wildman–Crippen LogP) is 0.821. The van der Waals surface area contributed by atoms with Gasteiger partial charge in [-0.3, -0.25) is 9.00 Å². The third-order valence-electron chi connectivity index (χ3n) is 2.05. The number of nitrogens with two attached hydrogens (primary N) is 1. The Balaban J connectivity index is 2.80. The molecule has 0 spiro atoms. The minimum atomic E-state index is -1.37. The van der Waals surface area contributed by atoms with Crippen molar-refractivity contribution in [1.82, 2.24) is 5.32 Å². The lowest BCUT2D eigenvalue weighted by molar-refractivity contribution is -0.118. The van der Waals surface area contributed by atoms with E-state index >= 15 is 0 Å². The van der Waals surface area contributed by atoms with Crippen LogP contribution in [0.3, 0.4) is 0 Å². The van der Waals surface area contributed by atoms with Crippen molar-refractivity contribution < 1.29 is 9.00 Å². The van der Waals surface area contributed by atoms with Crippen LogP contribution in [-0.2, 0) is 15.6 Å². The quantitative estimate of drug-likeness (QED) is 0.765. The molecule has 0 aliphatic carbocycles. The van der Waals surface area contributed by atoms with Gasteiger partial charge in [0.05, 0.1) is 15.7 Å². The first-order valence-corrected chi connectivity index (χ1v) is 6.37. The van der Waals surface area contributed by atoms with Crippen molar-refractivity contribution in [3.05, 3.63) is 23.8 Å². The zero-order chi connectivity index (χ0) is 12.1. The second-order valence-corrected chi connectivity index (χ2v) is 4.90. The van der Waals surface area contributed by atoms with Gasteiger partial charge in [0.15, 0.2) is 0 Å². The van der Waals surface area contributed by atoms with Crippen LogP contribution in [0.15, 0.2) is 23.1 Å². The molecule has 3 N–H and O–H groups in total. The molecule has 0 bridgehead atoms. The van der Waals surface area contributed by atoms with Crippen LogP contribution >= 0.6 is 0 Å². The number of aryl methyl sites for hydroxylation is 1. The third-order valence-corrected chi connectivity index (χ3v) is 3.42. The molecule has 16 heavy (non-hydrogen) atoms. The third kappa shape index (κ3) is 3.34.